The molecule has 0 heterocycles. The summed E-state index contributed by atoms with van der Waals surface area (Å²) in [5, 5.41) is 14.4. The molecular weight excluding hydrogens is 604 g/mol. The number of aliphatic hydroxyl groups is 1. The molecule has 2 aromatic carbocycles. The second-order valence-electron chi connectivity index (χ2n) is 13.9. The summed E-state index contributed by atoms with van der Waals surface area (Å²) in [6.07, 6.45) is 2.58. The van der Waals surface area contributed by atoms with Crippen molar-refractivity contribution in [2.75, 3.05) is 41.1 Å². The Labute approximate surface area is 284 Å². The van der Waals surface area contributed by atoms with Gasteiger partial charge in [0.2, 0.25) is 5.91 Å². The van der Waals surface area contributed by atoms with Crippen LogP contribution in [0.5, 0.6) is 17.2 Å². The largest absolute Gasteiger partial charge is 0.497 e. The van der Waals surface area contributed by atoms with Crippen LogP contribution in [0.25, 0.3) is 0 Å². The van der Waals surface area contributed by atoms with Gasteiger partial charge in [-0.3, -0.25) is 4.79 Å². The minimum atomic E-state index is -0.787. The Bertz CT molecular complexity index is 1160. The van der Waals surface area contributed by atoms with E-state index in [4.69, 9.17) is 24.7 Å². The highest BCUT2D eigenvalue weighted by Crippen LogP contribution is 2.32. The molecule has 0 fully saturated rings. The number of ether oxygens (including phenoxy) is 4. The third-order valence-corrected chi connectivity index (χ3v) is 8.68. The lowest BCUT2D eigenvalue weighted by Crippen LogP contribution is -2.44. The van der Waals surface area contributed by atoms with Crippen molar-refractivity contribution in [3.63, 3.8) is 0 Å². The molecular formula is C37H61ClN2O6. The van der Waals surface area contributed by atoms with E-state index in [1.54, 1.807) is 21.3 Å². The SMILES string of the molecule is COCCCOc1cc(C[C@@H](C[C@H](N)[C@@H](O)C[C@H](C(=O)NCC(C)(C)Cc2cccc(OC)c2)C(C)C)C(C)C)ccc1OC.Cl. The zero-order valence-electron chi connectivity index (χ0n) is 29.6. The number of hydrogen-bond acceptors (Lipinski definition) is 7. The summed E-state index contributed by atoms with van der Waals surface area (Å²) in [6, 6.07) is 13.6. The molecule has 0 aliphatic carbocycles. The summed E-state index contributed by atoms with van der Waals surface area (Å²) in [5.74, 6) is 2.54. The maximum Gasteiger partial charge on any atom is 0.223 e. The fraction of sp³-hybridized carbons (Fsp3) is 0.649. The Morgan fingerprint density at radius 1 is 0.913 bits per heavy atom. The van der Waals surface area contributed by atoms with Crippen molar-refractivity contribution in [1.29, 1.82) is 0 Å². The van der Waals surface area contributed by atoms with Crippen molar-refractivity contribution in [1.82, 2.24) is 5.32 Å². The molecule has 9 heteroatoms. The van der Waals surface area contributed by atoms with Gasteiger partial charge in [0, 0.05) is 38.6 Å². The van der Waals surface area contributed by atoms with Gasteiger partial charge >= 0.3 is 0 Å². The van der Waals surface area contributed by atoms with E-state index in [0.717, 1.165) is 41.9 Å². The molecule has 0 bridgehead atoms. The van der Waals surface area contributed by atoms with Crippen molar-refractivity contribution in [3.8, 4) is 17.2 Å². The van der Waals surface area contributed by atoms with Crippen molar-refractivity contribution in [2.45, 2.75) is 85.8 Å². The number of halogens is 1. The molecule has 2 rings (SSSR count). The Morgan fingerprint density at radius 2 is 1.63 bits per heavy atom. The molecule has 0 spiro atoms. The third kappa shape index (κ3) is 14.1. The molecule has 0 saturated carbocycles. The normalized spacial score (nSPS) is 14.3. The number of hydrogen-bond donors (Lipinski definition) is 3. The van der Waals surface area contributed by atoms with Crippen LogP contribution < -0.4 is 25.3 Å². The predicted molar refractivity (Wildman–Crippen MR) is 189 cm³/mol. The number of benzene rings is 2. The van der Waals surface area contributed by atoms with E-state index < -0.39 is 12.1 Å². The summed E-state index contributed by atoms with van der Waals surface area (Å²) in [4.78, 5) is 13.4. The van der Waals surface area contributed by atoms with Gasteiger partial charge in [0.15, 0.2) is 11.5 Å². The van der Waals surface area contributed by atoms with Crippen LogP contribution >= 0.6 is 12.4 Å². The van der Waals surface area contributed by atoms with E-state index in [9.17, 15) is 9.90 Å². The highest BCUT2D eigenvalue weighted by Gasteiger charge is 2.31. The molecule has 4 atom stereocenters. The van der Waals surface area contributed by atoms with Crippen LogP contribution in [0.15, 0.2) is 42.5 Å². The number of rotatable bonds is 21. The molecule has 0 aliphatic rings. The van der Waals surface area contributed by atoms with Crippen LogP contribution in [0, 0.1) is 29.1 Å². The Kier molecular flexibility index (Phi) is 18.6. The molecule has 2 aromatic rings. The number of carbonyl (C=O) groups is 1. The van der Waals surface area contributed by atoms with Crippen molar-refractivity contribution >= 4 is 18.3 Å². The van der Waals surface area contributed by atoms with E-state index in [2.05, 4.69) is 45.1 Å². The lowest BCUT2D eigenvalue weighted by molar-refractivity contribution is -0.128. The van der Waals surface area contributed by atoms with Crippen molar-refractivity contribution < 1.29 is 28.8 Å². The number of amides is 1. The second kappa shape index (κ2) is 20.7. The smallest absolute Gasteiger partial charge is 0.223 e. The lowest BCUT2D eigenvalue weighted by atomic mass is 9.80. The molecule has 8 nitrogen and oxygen atoms in total. The number of aliphatic hydroxyl groups excluding tert-OH is 1. The fourth-order valence-corrected chi connectivity index (χ4v) is 5.72. The number of nitrogens with one attached hydrogen (secondary N) is 1. The Hall–Kier alpha value is -2.52. The summed E-state index contributed by atoms with van der Waals surface area (Å²) >= 11 is 0. The van der Waals surface area contributed by atoms with Gasteiger partial charge in [0.1, 0.15) is 5.75 Å². The van der Waals surface area contributed by atoms with Crippen LogP contribution in [0.4, 0.5) is 0 Å². The first-order chi connectivity index (χ1) is 21.3. The zero-order chi connectivity index (χ0) is 33.6. The highest BCUT2D eigenvalue weighted by atomic mass is 35.5. The van der Waals surface area contributed by atoms with Crippen LogP contribution in [0.3, 0.4) is 0 Å². The number of methoxy groups -OCH3 is 3. The van der Waals surface area contributed by atoms with Crippen LogP contribution in [0.2, 0.25) is 0 Å². The summed E-state index contributed by atoms with van der Waals surface area (Å²) in [5.41, 5.74) is 8.77. The zero-order valence-corrected chi connectivity index (χ0v) is 30.5. The average Bonchev–Trinajstić information content (AvgIpc) is 3.00. The molecule has 262 valence electrons. The van der Waals surface area contributed by atoms with Gasteiger partial charge in [-0.1, -0.05) is 59.7 Å². The Balaban J connectivity index is 0.0000106. The van der Waals surface area contributed by atoms with E-state index in [1.807, 2.05) is 44.2 Å². The van der Waals surface area contributed by atoms with Crippen molar-refractivity contribution in [2.24, 2.45) is 34.8 Å². The molecule has 46 heavy (non-hydrogen) atoms. The molecule has 1 amide bonds. The first-order valence-corrected chi connectivity index (χ1v) is 16.4. The maximum absolute atomic E-state index is 13.4. The van der Waals surface area contributed by atoms with Gasteiger partial charge in [-0.25, -0.2) is 0 Å². The minimum Gasteiger partial charge on any atom is -0.497 e. The van der Waals surface area contributed by atoms with Crippen molar-refractivity contribution in [3.05, 3.63) is 53.6 Å². The first-order valence-electron chi connectivity index (χ1n) is 16.4. The molecule has 0 unspecified atom stereocenters. The average molecular weight is 665 g/mol. The molecule has 0 aliphatic heterocycles. The van der Waals surface area contributed by atoms with E-state index >= 15 is 0 Å². The molecule has 0 saturated heterocycles. The molecule has 0 radical (unpaired) electrons. The maximum atomic E-state index is 13.4. The van der Waals surface area contributed by atoms with Crippen LogP contribution in [0.1, 0.15) is 71.9 Å². The van der Waals surface area contributed by atoms with Crippen LogP contribution in [-0.2, 0) is 22.4 Å². The summed E-state index contributed by atoms with van der Waals surface area (Å²) < 4.78 is 22.0. The lowest BCUT2D eigenvalue weighted by Gasteiger charge is -2.31. The third-order valence-electron chi connectivity index (χ3n) is 8.68. The minimum absolute atomic E-state index is 0. The van der Waals surface area contributed by atoms with Gasteiger partial charge in [0.05, 0.1) is 26.9 Å². The fourth-order valence-electron chi connectivity index (χ4n) is 5.72. The predicted octanol–water partition coefficient (Wildman–Crippen LogP) is 6.48. The quantitative estimate of drug-likeness (QED) is 0.131. The van der Waals surface area contributed by atoms with E-state index in [-0.39, 0.29) is 41.5 Å². The van der Waals surface area contributed by atoms with Gasteiger partial charge in [-0.05, 0) is 84.2 Å². The van der Waals surface area contributed by atoms with Gasteiger partial charge in [-0.2, -0.15) is 0 Å². The second-order valence-corrected chi connectivity index (χ2v) is 13.9. The van der Waals surface area contributed by atoms with E-state index in [1.165, 1.54) is 0 Å². The van der Waals surface area contributed by atoms with Gasteiger partial charge in [-0.15, -0.1) is 12.4 Å². The highest BCUT2D eigenvalue weighted by molar-refractivity contribution is 5.85. The molecule has 0 aromatic heterocycles. The van der Waals surface area contributed by atoms with Crippen LogP contribution in [-0.4, -0.2) is 64.2 Å². The molecule has 4 N–H and O–H groups in total. The van der Waals surface area contributed by atoms with Gasteiger partial charge in [0.25, 0.3) is 0 Å². The number of nitrogens with two attached hydrogens (primary N) is 1. The summed E-state index contributed by atoms with van der Waals surface area (Å²) in [7, 11) is 4.99. The van der Waals surface area contributed by atoms with Gasteiger partial charge < -0.3 is 35.1 Å². The standard InChI is InChI=1S/C37H60N2O6.ClH/c1-25(2)29(18-27-14-15-34(44-9)35(20-27)45-17-11-16-42-7)21-32(38)33(40)22-31(26(3)4)36(41)39-24-37(5,6)23-28-12-10-13-30(19-28)43-8;/h10,12-15,19-20,25-26,29,31-33,40H,11,16-18,21-24,38H2,1-9H3,(H,39,41);1H/t29-,31-,32-,33-;/m0./s1. The monoisotopic (exact) mass is 664 g/mol. The first kappa shape index (κ1) is 41.5. The number of carbonyl (C=O) groups excluding carboxylic acids is 1. The topological polar surface area (TPSA) is 112 Å². The van der Waals surface area contributed by atoms with E-state index in [0.29, 0.717) is 44.3 Å². The Morgan fingerprint density at radius 3 is 2.24 bits per heavy atom. The summed E-state index contributed by atoms with van der Waals surface area (Å²) in [6.45, 7) is 14.4.